The molecule has 0 amide bonds. The van der Waals surface area contributed by atoms with Crippen LogP contribution in [0.4, 0.5) is 17.1 Å². The molecule has 0 aromatic heterocycles. The Bertz CT molecular complexity index is 2040. The van der Waals surface area contributed by atoms with E-state index in [0.29, 0.717) is 0 Å². The van der Waals surface area contributed by atoms with Crippen LogP contribution in [-0.2, 0) is 0 Å². The van der Waals surface area contributed by atoms with Crippen LogP contribution < -0.4 is 4.90 Å². The van der Waals surface area contributed by atoms with Gasteiger partial charge in [-0.15, -0.1) is 0 Å². The summed E-state index contributed by atoms with van der Waals surface area (Å²) in [6, 6.07) is 65.8. The molecule has 0 atom stereocenters. The molecule has 0 saturated carbocycles. The van der Waals surface area contributed by atoms with Gasteiger partial charge in [0.2, 0.25) is 0 Å². The number of benzene rings is 7. The minimum atomic E-state index is -0.743. The number of nitrogens with zero attached hydrogens (tertiary/aromatic N) is 1. The van der Waals surface area contributed by atoms with Crippen molar-refractivity contribution in [1.82, 2.24) is 0 Å². The molecular weight excluding hydrogens is 587 g/mol. The zero-order chi connectivity index (χ0) is 32.2. The molecule has 7 aromatic carbocycles. The molecule has 0 unspecified atom stereocenters. The monoisotopic (exact) mass is 625 g/mol. The van der Waals surface area contributed by atoms with E-state index in [1.165, 1.54) is 49.4 Å². The molecule has 7 aromatic rings. The van der Waals surface area contributed by atoms with Crippen molar-refractivity contribution in [2.24, 2.45) is 0 Å². The van der Waals surface area contributed by atoms with Gasteiger partial charge in [0, 0.05) is 17.1 Å². The molecule has 0 heterocycles. The fraction of sp³-hybridized carbons (Fsp3) is 0.0667. The van der Waals surface area contributed by atoms with Crippen molar-refractivity contribution in [2.75, 3.05) is 23.7 Å². The Morgan fingerprint density at radius 1 is 0.277 bits per heavy atom. The van der Waals surface area contributed by atoms with Gasteiger partial charge in [0.05, 0.1) is 0 Å². The van der Waals surface area contributed by atoms with Crippen molar-refractivity contribution in [3.63, 3.8) is 0 Å². The maximum absolute atomic E-state index is 2.34. The van der Waals surface area contributed by atoms with Crippen LogP contribution in [0.5, 0.6) is 0 Å². The molecule has 0 bridgehead atoms. The van der Waals surface area contributed by atoms with E-state index in [0.717, 1.165) is 17.1 Å². The number of rotatable bonds is 8. The van der Waals surface area contributed by atoms with E-state index in [1.54, 1.807) is 0 Å². The lowest BCUT2D eigenvalue weighted by Crippen LogP contribution is -2.09. The van der Waals surface area contributed by atoms with Crippen molar-refractivity contribution in [2.45, 2.75) is 4.90 Å². The number of anilines is 3. The minimum absolute atomic E-state index is 0.743. The predicted octanol–water partition coefficient (Wildman–Crippen LogP) is 12.9. The largest absolute Gasteiger partial charge is 0.311 e. The van der Waals surface area contributed by atoms with Crippen LogP contribution in [0, 0.1) is 0 Å². The standard InChI is InChI=1S/C45H39NS/c1-47(2,3)45-32-24-41(25-33-45)40-22-30-44(31-23-40)46(42-26-18-38(19-27-42)35-12-8-5-9-13-35)43-28-20-39(21-29-43)37-16-14-36(15-17-37)34-10-6-4-7-11-34/h4-33H,1-3H3. The SMILES string of the molecule is CS(C)(C)c1ccc(-c2ccc(N(c3ccc(-c4ccccc4)cc3)c3ccc(-c4ccc(-c5ccccc5)cc4)cc3)cc2)cc1. The van der Waals surface area contributed by atoms with Gasteiger partial charge in [-0.1, -0.05) is 133 Å². The molecule has 0 aliphatic heterocycles. The second-order valence-corrected chi connectivity index (χ2v) is 16.8. The molecule has 2 heteroatoms. The van der Waals surface area contributed by atoms with Crippen molar-refractivity contribution in [3.05, 3.63) is 182 Å². The highest BCUT2D eigenvalue weighted by Gasteiger charge is 2.14. The first-order chi connectivity index (χ1) is 22.9. The summed E-state index contributed by atoms with van der Waals surface area (Å²) in [5.74, 6) is 0. The smallest absolute Gasteiger partial charge is 0.0462 e. The fourth-order valence-corrected chi connectivity index (χ4v) is 6.98. The van der Waals surface area contributed by atoms with Gasteiger partial charge in [-0.3, -0.25) is 0 Å². The van der Waals surface area contributed by atoms with E-state index in [4.69, 9.17) is 0 Å². The Labute approximate surface area is 281 Å². The van der Waals surface area contributed by atoms with Gasteiger partial charge in [0.25, 0.3) is 0 Å². The molecular formula is C45H39NS. The van der Waals surface area contributed by atoms with Crippen LogP contribution in [0.3, 0.4) is 0 Å². The summed E-state index contributed by atoms with van der Waals surface area (Å²) in [6.45, 7) is 0. The highest BCUT2D eigenvalue weighted by molar-refractivity contribution is 8.32. The highest BCUT2D eigenvalue weighted by atomic mass is 32.3. The summed E-state index contributed by atoms with van der Waals surface area (Å²) >= 11 is 0. The number of hydrogen-bond acceptors (Lipinski definition) is 1. The first-order valence-electron chi connectivity index (χ1n) is 16.0. The summed E-state index contributed by atoms with van der Waals surface area (Å²) in [6.07, 6.45) is 7.02. The average Bonchev–Trinajstić information content (AvgIpc) is 3.13. The molecule has 0 N–H and O–H groups in total. The third-order valence-corrected chi connectivity index (χ3v) is 10.4. The quantitative estimate of drug-likeness (QED) is 0.162. The molecule has 1 nitrogen and oxygen atoms in total. The van der Waals surface area contributed by atoms with Gasteiger partial charge in [0.15, 0.2) is 0 Å². The third-order valence-electron chi connectivity index (χ3n) is 8.70. The first-order valence-corrected chi connectivity index (χ1v) is 18.9. The molecule has 0 spiro atoms. The second kappa shape index (κ2) is 13.2. The molecule has 0 radical (unpaired) electrons. The van der Waals surface area contributed by atoms with Crippen LogP contribution in [0.2, 0.25) is 0 Å². The molecule has 0 fully saturated rings. The highest BCUT2D eigenvalue weighted by Crippen LogP contribution is 2.45. The van der Waals surface area contributed by atoms with Gasteiger partial charge in [0.1, 0.15) is 0 Å². The van der Waals surface area contributed by atoms with Crippen LogP contribution in [0.1, 0.15) is 0 Å². The average molecular weight is 626 g/mol. The van der Waals surface area contributed by atoms with Gasteiger partial charge >= 0.3 is 0 Å². The van der Waals surface area contributed by atoms with Gasteiger partial charge in [-0.25, -0.2) is 10.0 Å². The summed E-state index contributed by atoms with van der Waals surface area (Å²) < 4.78 is 0. The Kier molecular flexibility index (Phi) is 8.52. The molecule has 7 rings (SSSR count). The summed E-state index contributed by atoms with van der Waals surface area (Å²) in [4.78, 5) is 3.77. The normalized spacial score (nSPS) is 11.6. The van der Waals surface area contributed by atoms with Gasteiger partial charge < -0.3 is 4.90 Å². The Morgan fingerprint density at radius 2 is 0.511 bits per heavy atom. The molecule has 0 aliphatic carbocycles. The van der Waals surface area contributed by atoms with Crippen molar-refractivity contribution >= 4 is 27.1 Å². The lowest BCUT2D eigenvalue weighted by Gasteiger charge is -2.26. The van der Waals surface area contributed by atoms with Gasteiger partial charge in [-0.05, 0) is 117 Å². The third kappa shape index (κ3) is 6.79. The topological polar surface area (TPSA) is 3.24 Å². The van der Waals surface area contributed by atoms with Crippen molar-refractivity contribution in [1.29, 1.82) is 0 Å². The zero-order valence-corrected chi connectivity index (χ0v) is 28.0. The van der Waals surface area contributed by atoms with E-state index in [1.807, 2.05) is 0 Å². The Balaban J connectivity index is 1.21. The molecule has 0 saturated heterocycles. The zero-order valence-electron chi connectivity index (χ0n) is 27.2. The van der Waals surface area contributed by atoms with Crippen LogP contribution in [0.15, 0.2) is 187 Å². The lowest BCUT2D eigenvalue weighted by molar-refractivity contribution is 1.28. The fourth-order valence-electron chi connectivity index (χ4n) is 6.03. The van der Waals surface area contributed by atoms with E-state index in [-0.39, 0.29) is 0 Å². The molecule has 230 valence electrons. The van der Waals surface area contributed by atoms with E-state index in [9.17, 15) is 0 Å². The predicted molar refractivity (Wildman–Crippen MR) is 206 cm³/mol. The minimum Gasteiger partial charge on any atom is -0.311 e. The molecule has 47 heavy (non-hydrogen) atoms. The summed E-state index contributed by atoms with van der Waals surface area (Å²) in [7, 11) is -0.743. The van der Waals surface area contributed by atoms with Crippen LogP contribution in [-0.4, -0.2) is 18.8 Å². The van der Waals surface area contributed by atoms with E-state index >= 15 is 0 Å². The summed E-state index contributed by atoms with van der Waals surface area (Å²) in [5.41, 5.74) is 13.1. The van der Waals surface area contributed by atoms with Crippen LogP contribution in [0.25, 0.3) is 44.5 Å². The van der Waals surface area contributed by atoms with E-state index in [2.05, 4.69) is 206 Å². The first kappa shape index (κ1) is 30.3. The molecule has 0 aliphatic rings. The van der Waals surface area contributed by atoms with Gasteiger partial charge in [-0.2, -0.15) is 0 Å². The van der Waals surface area contributed by atoms with Crippen molar-refractivity contribution in [3.8, 4) is 44.5 Å². The lowest BCUT2D eigenvalue weighted by atomic mass is 10.00. The van der Waals surface area contributed by atoms with E-state index < -0.39 is 10.0 Å². The second-order valence-electron chi connectivity index (χ2n) is 12.6. The summed E-state index contributed by atoms with van der Waals surface area (Å²) in [5, 5.41) is 0. The maximum atomic E-state index is 2.34. The van der Waals surface area contributed by atoms with Crippen molar-refractivity contribution < 1.29 is 0 Å². The number of hydrogen-bond donors (Lipinski definition) is 0. The Morgan fingerprint density at radius 3 is 0.787 bits per heavy atom. The maximum Gasteiger partial charge on any atom is 0.0462 e. The Hall–Kier alpha value is -5.31. The van der Waals surface area contributed by atoms with Crippen LogP contribution >= 0.6 is 10.0 Å².